The largest absolute Gasteiger partial charge is 0.348 e. The highest BCUT2D eigenvalue weighted by atomic mass is 79.9. The van der Waals surface area contributed by atoms with Crippen molar-refractivity contribution in [1.29, 1.82) is 0 Å². The second-order valence-electron chi connectivity index (χ2n) is 5.79. The zero-order chi connectivity index (χ0) is 18.4. The van der Waals surface area contributed by atoms with Gasteiger partial charge >= 0.3 is 0 Å². The van der Waals surface area contributed by atoms with Crippen LogP contribution in [0.3, 0.4) is 0 Å². The van der Waals surface area contributed by atoms with E-state index in [9.17, 15) is 9.59 Å². The smallest absolute Gasteiger partial charge is 0.253 e. The molecular weight excluding hydrogens is 406 g/mol. The molecule has 0 saturated heterocycles. The average Bonchev–Trinajstić information content (AvgIpc) is 2.52. The number of amides is 2. The van der Waals surface area contributed by atoms with E-state index in [1.165, 1.54) is 0 Å². The van der Waals surface area contributed by atoms with Gasteiger partial charge in [0.1, 0.15) is 0 Å². The molecule has 0 aliphatic heterocycles. The minimum atomic E-state index is -0.250. The van der Waals surface area contributed by atoms with E-state index in [1.54, 1.807) is 23.1 Å². The van der Waals surface area contributed by atoms with Crippen LogP contribution < -0.4 is 10.6 Å². The topological polar surface area (TPSA) is 61.4 Å². The minimum Gasteiger partial charge on any atom is -0.348 e. The van der Waals surface area contributed by atoms with Crippen LogP contribution >= 0.6 is 27.5 Å². The van der Waals surface area contributed by atoms with Crippen LogP contribution in [-0.2, 0) is 11.3 Å². The highest BCUT2D eigenvalue weighted by molar-refractivity contribution is 9.10. The number of benzene rings is 2. The van der Waals surface area contributed by atoms with Gasteiger partial charge in [0.2, 0.25) is 5.91 Å². The number of rotatable bonds is 6. The summed E-state index contributed by atoms with van der Waals surface area (Å²) in [5, 5.41) is 6.04. The molecule has 132 valence electrons. The molecule has 0 heterocycles. The summed E-state index contributed by atoms with van der Waals surface area (Å²) in [6.45, 7) is 0.644. The Balaban J connectivity index is 1.97. The first-order valence-electron chi connectivity index (χ1n) is 7.62. The van der Waals surface area contributed by atoms with Crippen LogP contribution in [0.5, 0.6) is 0 Å². The fourth-order valence-electron chi connectivity index (χ4n) is 2.20. The van der Waals surface area contributed by atoms with E-state index in [2.05, 4.69) is 26.6 Å². The number of carbonyl (C=O) groups excluding carboxylic acids is 2. The average molecular weight is 425 g/mol. The zero-order valence-corrected chi connectivity index (χ0v) is 16.3. The summed E-state index contributed by atoms with van der Waals surface area (Å²) in [4.78, 5) is 25.9. The second kappa shape index (κ2) is 8.99. The van der Waals surface area contributed by atoms with Gasteiger partial charge in [-0.3, -0.25) is 9.59 Å². The van der Waals surface area contributed by atoms with E-state index in [0.29, 0.717) is 29.4 Å². The van der Waals surface area contributed by atoms with Gasteiger partial charge in [0.05, 0.1) is 17.1 Å². The third-order valence-corrected chi connectivity index (χ3v) is 4.11. The summed E-state index contributed by atoms with van der Waals surface area (Å²) in [6.07, 6.45) is 0. The zero-order valence-electron chi connectivity index (χ0n) is 14.0. The highest BCUT2D eigenvalue weighted by Gasteiger charge is 2.10. The lowest BCUT2D eigenvalue weighted by Crippen LogP contribution is -2.27. The van der Waals surface area contributed by atoms with Crippen LogP contribution in [0.2, 0.25) is 5.02 Å². The van der Waals surface area contributed by atoms with Gasteiger partial charge in [0, 0.05) is 16.7 Å². The number of hydrogen-bond acceptors (Lipinski definition) is 3. The first-order valence-corrected chi connectivity index (χ1v) is 8.79. The van der Waals surface area contributed by atoms with Gasteiger partial charge in [-0.2, -0.15) is 0 Å². The van der Waals surface area contributed by atoms with Gasteiger partial charge in [-0.25, -0.2) is 0 Å². The summed E-state index contributed by atoms with van der Waals surface area (Å²) >= 11 is 9.40. The second-order valence-corrected chi connectivity index (χ2v) is 7.12. The van der Waals surface area contributed by atoms with Crippen LogP contribution in [0.25, 0.3) is 0 Å². The van der Waals surface area contributed by atoms with Gasteiger partial charge < -0.3 is 15.5 Å². The number of likely N-dealkylation sites (N-methyl/N-ethyl adjacent to an activating group) is 1. The van der Waals surface area contributed by atoms with Gasteiger partial charge in [0.25, 0.3) is 5.91 Å². The van der Waals surface area contributed by atoms with Crippen molar-refractivity contribution in [2.45, 2.75) is 6.54 Å². The lowest BCUT2D eigenvalue weighted by atomic mass is 10.1. The van der Waals surface area contributed by atoms with Crippen molar-refractivity contribution in [2.75, 3.05) is 26.0 Å². The Morgan fingerprint density at radius 1 is 1.16 bits per heavy atom. The maximum absolute atomic E-state index is 12.2. The Morgan fingerprint density at radius 2 is 1.92 bits per heavy atom. The van der Waals surface area contributed by atoms with Gasteiger partial charge in [-0.1, -0.05) is 39.7 Å². The molecule has 2 rings (SSSR count). The van der Waals surface area contributed by atoms with Crippen LogP contribution in [0.4, 0.5) is 5.69 Å². The van der Waals surface area contributed by atoms with E-state index in [0.717, 1.165) is 10.0 Å². The third-order valence-electron chi connectivity index (χ3n) is 3.30. The van der Waals surface area contributed by atoms with E-state index in [1.807, 2.05) is 38.4 Å². The molecule has 0 saturated carbocycles. The fraction of sp³-hybridized carbons (Fsp3) is 0.222. The predicted octanol–water partition coefficient (Wildman–Crippen LogP) is 3.53. The molecule has 2 N–H and O–H groups in total. The number of carbonyl (C=O) groups is 2. The summed E-state index contributed by atoms with van der Waals surface area (Å²) in [5.74, 6) is -0.340. The Kier molecular flexibility index (Phi) is 6.99. The molecule has 0 bridgehead atoms. The summed E-state index contributed by atoms with van der Waals surface area (Å²) in [6, 6.07) is 12.5. The Hall–Kier alpha value is -1.89. The molecule has 0 unspecified atom stereocenters. The van der Waals surface area contributed by atoms with Crippen LogP contribution in [0.15, 0.2) is 46.9 Å². The molecule has 0 fully saturated rings. The van der Waals surface area contributed by atoms with Crippen molar-refractivity contribution in [3.05, 3.63) is 63.1 Å². The molecule has 0 aliphatic carbocycles. The van der Waals surface area contributed by atoms with Crippen LogP contribution in [-0.4, -0.2) is 37.4 Å². The first-order chi connectivity index (χ1) is 11.8. The number of anilines is 1. The summed E-state index contributed by atoms with van der Waals surface area (Å²) < 4.78 is 0.815. The monoisotopic (exact) mass is 423 g/mol. The van der Waals surface area contributed by atoms with E-state index >= 15 is 0 Å². The SMILES string of the molecule is CN(C)CC(=O)Nc1cccc(CNC(=O)c2ccc(Br)cc2Cl)c1. The standard InChI is InChI=1S/C18H19BrClN3O2/c1-23(2)11-17(24)22-14-5-3-4-12(8-14)10-21-18(25)15-7-6-13(19)9-16(15)20/h3-9H,10-11H2,1-2H3,(H,21,25)(H,22,24). The lowest BCUT2D eigenvalue weighted by molar-refractivity contribution is -0.116. The van der Waals surface area contributed by atoms with E-state index < -0.39 is 0 Å². The van der Waals surface area contributed by atoms with Crippen LogP contribution in [0, 0.1) is 0 Å². The van der Waals surface area contributed by atoms with Crippen molar-refractivity contribution in [2.24, 2.45) is 0 Å². The van der Waals surface area contributed by atoms with Gasteiger partial charge in [-0.05, 0) is 50.0 Å². The molecule has 0 aliphatic rings. The first kappa shape index (κ1) is 19.4. The summed E-state index contributed by atoms with van der Waals surface area (Å²) in [7, 11) is 3.66. The Labute approximate surface area is 160 Å². The maximum Gasteiger partial charge on any atom is 0.253 e. The van der Waals surface area contributed by atoms with Gasteiger partial charge in [0.15, 0.2) is 0 Å². The molecule has 25 heavy (non-hydrogen) atoms. The molecule has 2 amide bonds. The van der Waals surface area contributed by atoms with E-state index in [-0.39, 0.29) is 11.8 Å². The number of nitrogens with one attached hydrogen (secondary N) is 2. The van der Waals surface area contributed by atoms with Crippen molar-refractivity contribution >= 4 is 45.0 Å². The maximum atomic E-state index is 12.2. The van der Waals surface area contributed by atoms with Gasteiger partial charge in [-0.15, -0.1) is 0 Å². The highest BCUT2D eigenvalue weighted by Crippen LogP contribution is 2.21. The van der Waals surface area contributed by atoms with Crippen molar-refractivity contribution in [3.8, 4) is 0 Å². The predicted molar refractivity (Wildman–Crippen MR) is 104 cm³/mol. The molecule has 2 aromatic rings. The summed E-state index contributed by atoms with van der Waals surface area (Å²) in [5.41, 5.74) is 1.99. The number of hydrogen-bond donors (Lipinski definition) is 2. The lowest BCUT2D eigenvalue weighted by Gasteiger charge is -2.11. The fourth-order valence-corrected chi connectivity index (χ4v) is 2.96. The van der Waals surface area contributed by atoms with Crippen molar-refractivity contribution in [1.82, 2.24) is 10.2 Å². The molecular formula is C18H19BrClN3O2. The van der Waals surface area contributed by atoms with Crippen molar-refractivity contribution < 1.29 is 9.59 Å². The number of nitrogens with zero attached hydrogens (tertiary/aromatic N) is 1. The number of halogens is 2. The third kappa shape index (κ3) is 6.16. The Morgan fingerprint density at radius 3 is 2.60 bits per heavy atom. The van der Waals surface area contributed by atoms with Crippen LogP contribution in [0.1, 0.15) is 15.9 Å². The quantitative estimate of drug-likeness (QED) is 0.746. The Bertz CT molecular complexity index is 781. The molecule has 5 nitrogen and oxygen atoms in total. The van der Waals surface area contributed by atoms with Crippen molar-refractivity contribution in [3.63, 3.8) is 0 Å². The normalized spacial score (nSPS) is 10.6. The molecule has 7 heteroatoms. The molecule has 0 aromatic heterocycles. The minimum absolute atomic E-state index is 0.0900. The van der Waals surface area contributed by atoms with E-state index in [4.69, 9.17) is 11.6 Å². The molecule has 2 aromatic carbocycles. The molecule has 0 spiro atoms. The molecule has 0 atom stereocenters. The molecule has 0 radical (unpaired) electrons.